The molecule has 2 aromatic rings. The number of urea groups is 1. The predicted octanol–water partition coefficient (Wildman–Crippen LogP) is 2.61. The van der Waals surface area contributed by atoms with E-state index in [-0.39, 0.29) is 11.9 Å². The van der Waals surface area contributed by atoms with E-state index in [4.69, 9.17) is 4.42 Å². The van der Waals surface area contributed by atoms with Crippen LogP contribution in [0.5, 0.6) is 0 Å². The minimum atomic E-state index is -0.678. The number of para-hydroxylation sites is 1. The number of benzene rings is 1. The number of nitrogens with zero attached hydrogens (tertiary/aromatic N) is 4. The van der Waals surface area contributed by atoms with Crippen LogP contribution in [0.1, 0.15) is 25.5 Å². The average molecular weight is 399 g/mol. The maximum Gasteiger partial charge on any atom is 0.327 e. The Labute approximate surface area is 171 Å². The molecule has 0 atom stereocenters. The zero-order chi connectivity index (χ0) is 20.6. The highest BCUT2D eigenvalue weighted by Crippen LogP contribution is 2.37. The maximum atomic E-state index is 13.3. The normalized spacial score (nSPS) is 20.0. The van der Waals surface area contributed by atoms with E-state index in [1.54, 1.807) is 4.90 Å². The molecule has 0 unspecified atom stereocenters. The molecule has 1 aromatic carbocycles. The Morgan fingerprint density at radius 1 is 1.14 bits per heavy atom. The molecule has 0 saturated carbocycles. The zero-order valence-electron chi connectivity index (χ0n) is 17.6. The van der Waals surface area contributed by atoms with Crippen molar-refractivity contribution in [2.24, 2.45) is 0 Å². The Kier molecular flexibility index (Phi) is 5.36. The van der Waals surface area contributed by atoms with Gasteiger partial charge in [0.25, 0.3) is 5.91 Å². The van der Waals surface area contributed by atoms with Gasteiger partial charge in [-0.05, 0) is 46.0 Å². The standard InChI is InChI=1S/C22H30N4O3/c1-4-26-21(28)25(14-13-23(2)3)20(27)22(26)9-11-24(12-10-22)16-18-15-17-7-5-6-8-19(17)29-18/h5-8,15H,4,9-14,16H2,1-3H3. The van der Waals surface area contributed by atoms with Crippen molar-refractivity contribution in [3.63, 3.8) is 0 Å². The van der Waals surface area contributed by atoms with Gasteiger partial charge in [0.15, 0.2) is 0 Å². The molecule has 2 saturated heterocycles. The van der Waals surface area contributed by atoms with Gasteiger partial charge in [0.05, 0.1) is 6.54 Å². The molecule has 1 aromatic heterocycles. The second-order valence-electron chi connectivity index (χ2n) is 8.35. The smallest absolute Gasteiger partial charge is 0.327 e. The van der Waals surface area contributed by atoms with E-state index >= 15 is 0 Å². The molecule has 7 heteroatoms. The van der Waals surface area contributed by atoms with E-state index in [9.17, 15) is 9.59 Å². The largest absolute Gasteiger partial charge is 0.460 e. The molecule has 0 bridgehead atoms. The highest BCUT2D eigenvalue weighted by atomic mass is 16.3. The lowest BCUT2D eigenvalue weighted by atomic mass is 9.85. The summed E-state index contributed by atoms with van der Waals surface area (Å²) < 4.78 is 5.95. The quantitative estimate of drug-likeness (QED) is 0.700. The third kappa shape index (κ3) is 3.53. The van der Waals surface area contributed by atoms with Crippen molar-refractivity contribution in [1.82, 2.24) is 19.6 Å². The topological polar surface area (TPSA) is 60.2 Å². The molecule has 3 heterocycles. The lowest BCUT2D eigenvalue weighted by Crippen LogP contribution is -2.56. The number of fused-ring (bicyclic) bond motifs is 1. The van der Waals surface area contributed by atoms with Gasteiger partial charge in [-0.15, -0.1) is 0 Å². The van der Waals surface area contributed by atoms with Gasteiger partial charge in [0, 0.05) is 38.1 Å². The van der Waals surface area contributed by atoms with Crippen LogP contribution < -0.4 is 0 Å². The first-order valence-electron chi connectivity index (χ1n) is 10.4. The Morgan fingerprint density at radius 2 is 1.86 bits per heavy atom. The maximum absolute atomic E-state index is 13.3. The van der Waals surface area contributed by atoms with Crippen molar-refractivity contribution in [1.29, 1.82) is 0 Å². The molecule has 1 spiro atoms. The average Bonchev–Trinajstić information content (AvgIpc) is 3.19. The highest BCUT2D eigenvalue weighted by Gasteiger charge is 2.57. The number of piperidine rings is 1. The van der Waals surface area contributed by atoms with Crippen LogP contribution >= 0.6 is 0 Å². The molecule has 2 aliphatic rings. The van der Waals surface area contributed by atoms with Gasteiger partial charge >= 0.3 is 6.03 Å². The van der Waals surface area contributed by atoms with Gasteiger partial charge in [-0.3, -0.25) is 14.6 Å². The Hall–Kier alpha value is -2.38. The molecule has 7 nitrogen and oxygen atoms in total. The zero-order valence-corrected chi connectivity index (χ0v) is 17.6. The number of rotatable bonds is 6. The molecule has 4 rings (SSSR count). The van der Waals surface area contributed by atoms with Gasteiger partial charge < -0.3 is 14.2 Å². The molecular formula is C22H30N4O3. The van der Waals surface area contributed by atoms with Crippen LogP contribution in [0.15, 0.2) is 34.7 Å². The number of hydrogen-bond acceptors (Lipinski definition) is 5. The summed E-state index contributed by atoms with van der Waals surface area (Å²) in [6, 6.07) is 9.98. The summed E-state index contributed by atoms with van der Waals surface area (Å²) >= 11 is 0. The molecule has 3 amide bonds. The Bertz CT molecular complexity index is 865. The van der Waals surface area contributed by atoms with E-state index in [1.807, 2.05) is 44.1 Å². The summed E-state index contributed by atoms with van der Waals surface area (Å²) in [5, 5.41) is 1.11. The summed E-state index contributed by atoms with van der Waals surface area (Å²) in [5.74, 6) is 0.922. The van der Waals surface area contributed by atoms with Crippen molar-refractivity contribution >= 4 is 22.9 Å². The van der Waals surface area contributed by atoms with Crippen LogP contribution in [-0.4, -0.2) is 83.9 Å². The molecular weight excluding hydrogens is 368 g/mol. The fourth-order valence-electron chi connectivity index (χ4n) is 4.62. The van der Waals surface area contributed by atoms with E-state index < -0.39 is 5.54 Å². The van der Waals surface area contributed by atoms with Gasteiger partial charge in [0.1, 0.15) is 16.9 Å². The van der Waals surface area contributed by atoms with Crippen molar-refractivity contribution < 1.29 is 14.0 Å². The van der Waals surface area contributed by atoms with E-state index in [1.165, 1.54) is 4.90 Å². The van der Waals surface area contributed by atoms with Gasteiger partial charge in [-0.2, -0.15) is 0 Å². The minimum absolute atomic E-state index is 0.0189. The number of carbonyl (C=O) groups is 2. The minimum Gasteiger partial charge on any atom is -0.460 e. The van der Waals surface area contributed by atoms with Crippen LogP contribution in [0.25, 0.3) is 11.0 Å². The van der Waals surface area contributed by atoms with Crippen molar-refractivity contribution in [2.45, 2.75) is 31.8 Å². The highest BCUT2D eigenvalue weighted by molar-refractivity contribution is 6.07. The van der Waals surface area contributed by atoms with Crippen LogP contribution in [0, 0.1) is 0 Å². The molecule has 0 N–H and O–H groups in total. The van der Waals surface area contributed by atoms with E-state index in [2.05, 4.69) is 17.0 Å². The van der Waals surface area contributed by atoms with Gasteiger partial charge in [0.2, 0.25) is 0 Å². The summed E-state index contributed by atoms with van der Waals surface area (Å²) in [4.78, 5) is 33.7. The molecule has 0 radical (unpaired) electrons. The lowest BCUT2D eigenvalue weighted by molar-refractivity contribution is -0.135. The second-order valence-corrected chi connectivity index (χ2v) is 8.35. The molecule has 156 valence electrons. The SMILES string of the molecule is CCN1C(=O)N(CCN(C)C)C(=O)C12CCN(Cc1cc3ccccc3o1)CC2. The molecule has 29 heavy (non-hydrogen) atoms. The lowest BCUT2D eigenvalue weighted by Gasteiger charge is -2.41. The number of imide groups is 1. The molecule has 2 fully saturated rings. The number of furan rings is 1. The predicted molar refractivity (Wildman–Crippen MR) is 111 cm³/mol. The Balaban J connectivity index is 1.45. The monoisotopic (exact) mass is 398 g/mol. The fourth-order valence-corrected chi connectivity index (χ4v) is 4.62. The summed E-state index contributed by atoms with van der Waals surface area (Å²) in [7, 11) is 3.91. The third-order valence-electron chi connectivity index (χ3n) is 6.25. The van der Waals surface area contributed by atoms with E-state index in [0.29, 0.717) is 32.5 Å². The van der Waals surface area contributed by atoms with Crippen LogP contribution in [-0.2, 0) is 11.3 Å². The van der Waals surface area contributed by atoms with E-state index in [0.717, 1.165) is 36.4 Å². The first-order chi connectivity index (χ1) is 13.9. The van der Waals surface area contributed by atoms with Crippen LogP contribution in [0.2, 0.25) is 0 Å². The van der Waals surface area contributed by atoms with Crippen molar-refractivity contribution in [3.05, 3.63) is 36.1 Å². The number of carbonyl (C=O) groups excluding carboxylic acids is 2. The second kappa shape index (κ2) is 7.80. The number of hydrogen-bond donors (Lipinski definition) is 0. The summed E-state index contributed by atoms with van der Waals surface area (Å²) in [5.41, 5.74) is 0.226. The number of amides is 3. The number of likely N-dealkylation sites (tertiary alicyclic amines) is 1. The van der Waals surface area contributed by atoms with Crippen molar-refractivity contribution in [2.75, 3.05) is 46.8 Å². The van der Waals surface area contributed by atoms with Gasteiger partial charge in [-0.25, -0.2) is 4.79 Å². The molecule has 0 aliphatic carbocycles. The number of likely N-dealkylation sites (N-methyl/N-ethyl adjacent to an activating group) is 2. The van der Waals surface area contributed by atoms with Crippen LogP contribution in [0.4, 0.5) is 4.79 Å². The summed E-state index contributed by atoms with van der Waals surface area (Å²) in [6.07, 6.45) is 1.34. The fraction of sp³-hybridized carbons (Fsp3) is 0.545. The van der Waals surface area contributed by atoms with Crippen molar-refractivity contribution in [3.8, 4) is 0 Å². The first-order valence-corrected chi connectivity index (χ1v) is 10.4. The molecule has 2 aliphatic heterocycles. The third-order valence-corrected chi connectivity index (χ3v) is 6.25. The first kappa shape index (κ1) is 19.9. The Morgan fingerprint density at radius 3 is 2.52 bits per heavy atom. The van der Waals surface area contributed by atoms with Gasteiger partial charge in [-0.1, -0.05) is 18.2 Å². The van der Waals surface area contributed by atoms with Crippen LogP contribution in [0.3, 0.4) is 0 Å². The summed E-state index contributed by atoms with van der Waals surface area (Å²) in [6.45, 7) is 5.93.